The topological polar surface area (TPSA) is 0 Å². The lowest BCUT2D eigenvalue weighted by molar-refractivity contribution is 0.895. The van der Waals surface area contributed by atoms with E-state index >= 15 is 0 Å². The van der Waals surface area contributed by atoms with Crippen molar-refractivity contribution in [3.8, 4) is 0 Å². The second-order valence-corrected chi connectivity index (χ2v) is 5.83. The van der Waals surface area contributed by atoms with Crippen molar-refractivity contribution in [2.24, 2.45) is 0 Å². The first kappa shape index (κ1) is 12.0. The van der Waals surface area contributed by atoms with Crippen LogP contribution >= 0.6 is 11.3 Å². The van der Waals surface area contributed by atoms with Gasteiger partial charge in [-0.15, -0.1) is 11.3 Å². The molecular formula is C17H15S. The molecule has 1 heteroatoms. The second kappa shape index (κ2) is 5.27. The summed E-state index contributed by atoms with van der Waals surface area (Å²) in [4.78, 5) is 2.79. The van der Waals surface area contributed by atoms with Gasteiger partial charge in [0, 0.05) is 15.7 Å². The highest BCUT2D eigenvalue weighted by Crippen LogP contribution is 2.43. The Kier molecular flexibility index (Phi) is 3.51. The van der Waals surface area contributed by atoms with Crippen LogP contribution in [0.2, 0.25) is 0 Å². The molecule has 0 spiro atoms. The second-order valence-electron chi connectivity index (χ2n) is 4.51. The molecule has 3 rings (SSSR count). The molecule has 0 N–H and O–H groups in total. The molecule has 0 aliphatic heterocycles. The zero-order chi connectivity index (χ0) is 12.4. The molecule has 1 unspecified atom stereocenters. The molecule has 0 amide bonds. The third-order valence-electron chi connectivity index (χ3n) is 3.20. The van der Waals surface area contributed by atoms with Gasteiger partial charge in [-0.1, -0.05) is 30.3 Å². The van der Waals surface area contributed by atoms with Crippen molar-refractivity contribution in [2.75, 3.05) is 0 Å². The Balaban J connectivity index is 1.98. The summed E-state index contributed by atoms with van der Waals surface area (Å²) in [6.45, 7) is 2.17. The minimum atomic E-state index is 0.375. The fraction of sp³-hybridized carbons (Fsp3) is 0.118. The molecule has 1 fully saturated rings. The Bertz CT molecular complexity index is 491. The van der Waals surface area contributed by atoms with Gasteiger partial charge < -0.3 is 0 Å². The first-order valence-corrected chi connectivity index (χ1v) is 6.99. The molecule has 0 nitrogen and oxygen atoms in total. The Labute approximate surface area is 114 Å². The first-order valence-electron chi connectivity index (χ1n) is 6.17. The maximum absolute atomic E-state index is 2.25. The van der Waals surface area contributed by atoms with Crippen LogP contribution in [0.15, 0.2) is 42.5 Å². The summed E-state index contributed by atoms with van der Waals surface area (Å²) in [5.41, 5.74) is 1.37. The van der Waals surface area contributed by atoms with E-state index in [0.717, 1.165) is 0 Å². The molecule has 18 heavy (non-hydrogen) atoms. The molecule has 1 aliphatic rings. The van der Waals surface area contributed by atoms with E-state index in [-0.39, 0.29) is 0 Å². The fourth-order valence-electron chi connectivity index (χ4n) is 2.36. The van der Waals surface area contributed by atoms with E-state index in [1.54, 1.807) is 0 Å². The van der Waals surface area contributed by atoms with E-state index in [1.165, 1.54) is 21.2 Å². The molecule has 1 saturated carbocycles. The summed E-state index contributed by atoms with van der Waals surface area (Å²) in [6.07, 6.45) is 8.66. The van der Waals surface area contributed by atoms with Crippen molar-refractivity contribution in [1.82, 2.24) is 0 Å². The van der Waals surface area contributed by atoms with Gasteiger partial charge in [-0.25, -0.2) is 0 Å². The Hall–Kier alpha value is -1.08. The van der Waals surface area contributed by atoms with E-state index in [2.05, 4.69) is 75.1 Å². The predicted molar refractivity (Wildman–Crippen MR) is 77.8 cm³/mol. The number of rotatable bonds is 3. The summed E-state index contributed by atoms with van der Waals surface area (Å²) < 4.78 is 0. The summed E-state index contributed by atoms with van der Waals surface area (Å²) in [6, 6.07) is 15.2. The molecule has 0 saturated heterocycles. The van der Waals surface area contributed by atoms with E-state index in [0.29, 0.717) is 5.92 Å². The molecule has 89 valence electrons. The molecule has 1 aliphatic carbocycles. The lowest BCUT2D eigenvalue weighted by Gasteiger charge is -2.22. The Morgan fingerprint density at radius 2 is 1.61 bits per heavy atom. The summed E-state index contributed by atoms with van der Waals surface area (Å²) in [5.74, 6) is 1.75. The van der Waals surface area contributed by atoms with Crippen molar-refractivity contribution >= 4 is 11.3 Å². The monoisotopic (exact) mass is 251 g/mol. The number of thiophene rings is 1. The average Bonchev–Trinajstić information content (AvgIpc) is 3.04. The van der Waals surface area contributed by atoms with Crippen LogP contribution < -0.4 is 0 Å². The van der Waals surface area contributed by atoms with Gasteiger partial charge in [-0.3, -0.25) is 0 Å². The third kappa shape index (κ3) is 2.37. The van der Waals surface area contributed by atoms with Gasteiger partial charge in [-0.05, 0) is 56.2 Å². The number of benzene rings is 1. The smallest absolute Gasteiger partial charge is 0.0252 e. The van der Waals surface area contributed by atoms with Crippen LogP contribution in [0.5, 0.6) is 0 Å². The van der Waals surface area contributed by atoms with Crippen LogP contribution in [0, 0.1) is 38.5 Å². The van der Waals surface area contributed by atoms with Crippen LogP contribution in [0.3, 0.4) is 0 Å². The highest BCUT2D eigenvalue weighted by molar-refractivity contribution is 7.12. The fourth-order valence-corrected chi connectivity index (χ4v) is 3.39. The Morgan fingerprint density at radius 1 is 0.889 bits per heavy atom. The highest BCUT2D eigenvalue weighted by atomic mass is 32.1. The molecule has 1 aromatic carbocycles. The molecule has 1 heterocycles. The van der Waals surface area contributed by atoms with Crippen LogP contribution in [-0.4, -0.2) is 0 Å². The zero-order valence-electron chi connectivity index (χ0n) is 10.3. The van der Waals surface area contributed by atoms with Gasteiger partial charge in [0.15, 0.2) is 0 Å². The van der Waals surface area contributed by atoms with Crippen molar-refractivity contribution in [1.29, 1.82) is 0 Å². The lowest BCUT2D eigenvalue weighted by Crippen LogP contribution is -2.08. The maximum Gasteiger partial charge on any atom is 0.0252 e. The largest absolute Gasteiger partial charge is 0.145 e. The van der Waals surface area contributed by atoms with E-state index < -0.39 is 0 Å². The molecular weight excluding hydrogens is 236 g/mol. The van der Waals surface area contributed by atoms with Gasteiger partial charge in [0.1, 0.15) is 0 Å². The molecule has 1 aromatic heterocycles. The van der Waals surface area contributed by atoms with Crippen LogP contribution in [0.25, 0.3) is 0 Å². The SMILES string of the molecule is Cc1ccc(C([C]2[CH][CH][CH][CH]2)c2ccccc2)s1. The normalized spacial score (nSPS) is 18.1. The highest BCUT2D eigenvalue weighted by Gasteiger charge is 2.29. The maximum atomic E-state index is 2.25. The molecule has 1 atom stereocenters. The molecule has 2 aromatic rings. The van der Waals surface area contributed by atoms with E-state index in [1.807, 2.05) is 11.3 Å². The summed E-state index contributed by atoms with van der Waals surface area (Å²) >= 11 is 1.89. The van der Waals surface area contributed by atoms with Gasteiger partial charge in [0.2, 0.25) is 0 Å². The average molecular weight is 251 g/mol. The predicted octanol–water partition coefficient (Wildman–Crippen LogP) is 4.59. The number of aryl methyl sites for hydroxylation is 1. The van der Waals surface area contributed by atoms with Crippen molar-refractivity contribution in [3.63, 3.8) is 0 Å². The van der Waals surface area contributed by atoms with E-state index in [4.69, 9.17) is 0 Å². The summed E-state index contributed by atoms with van der Waals surface area (Å²) in [5, 5.41) is 0. The third-order valence-corrected chi connectivity index (χ3v) is 4.27. The van der Waals surface area contributed by atoms with Crippen molar-refractivity contribution in [3.05, 3.63) is 89.4 Å². The van der Waals surface area contributed by atoms with E-state index in [9.17, 15) is 0 Å². The van der Waals surface area contributed by atoms with Crippen LogP contribution in [0.1, 0.15) is 21.2 Å². The van der Waals surface area contributed by atoms with Gasteiger partial charge in [0.25, 0.3) is 0 Å². The molecule has 5 radical (unpaired) electrons. The minimum Gasteiger partial charge on any atom is -0.145 e. The Morgan fingerprint density at radius 3 is 2.22 bits per heavy atom. The minimum absolute atomic E-state index is 0.375. The van der Waals surface area contributed by atoms with Crippen molar-refractivity contribution < 1.29 is 0 Å². The quantitative estimate of drug-likeness (QED) is 0.748. The zero-order valence-corrected chi connectivity index (χ0v) is 11.2. The standard InChI is InChI=1S/C17H15S/c1-13-11-12-16(18-13)17(15-9-5-6-10-15)14-7-3-2-4-8-14/h2-12,17H,1H3. The van der Waals surface area contributed by atoms with Gasteiger partial charge in [0.05, 0.1) is 0 Å². The van der Waals surface area contributed by atoms with Crippen LogP contribution in [0.4, 0.5) is 0 Å². The van der Waals surface area contributed by atoms with Gasteiger partial charge in [-0.2, -0.15) is 0 Å². The lowest BCUT2D eigenvalue weighted by atomic mass is 9.84. The van der Waals surface area contributed by atoms with Crippen molar-refractivity contribution in [2.45, 2.75) is 12.8 Å². The van der Waals surface area contributed by atoms with Gasteiger partial charge >= 0.3 is 0 Å². The number of hydrogen-bond donors (Lipinski definition) is 0. The van der Waals surface area contributed by atoms with Crippen LogP contribution in [-0.2, 0) is 0 Å². The first-order chi connectivity index (χ1) is 8.84. The molecule has 0 bridgehead atoms. The number of hydrogen-bond acceptors (Lipinski definition) is 1. The summed E-state index contributed by atoms with van der Waals surface area (Å²) in [7, 11) is 0.